The number of aromatic nitrogens is 3. The summed E-state index contributed by atoms with van der Waals surface area (Å²) in [6, 6.07) is 7.68. The summed E-state index contributed by atoms with van der Waals surface area (Å²) in [6.45, 7) is 5.85. The molecule has 0 aliphatic heterocycles. The molecule has 1 aromatic heterocycles. The van der Waals surface area contributed by atoms with Crippen molar-refractivity contribution in [2.75, 3.05) is 0 Å². The maximum Gasteiger partial charge on any atom is 0.229 e. The molecular formula is C12H14ClN3O. The van der Waals surface area contributed by atoms with Crippen LogP contribution < -0.4 is 4.74 Å². The summed E-state index contributed by atoms with van der Waals surface area (Å²) in [5, 5.41) is 8.08. The third-order valence-electron chi connectivity index (χ3n) is 2.25. The van der Waals surface area contributed by atoms with E-state index in [9.17, 15) is 0 Å². The van der Waals surface area contributed by atoms with Crippen molar-refractivity contribution in [3.8, 4) is 11.4 Å². The van der Waals surface area contributed by atoms with Crippen LogP contribution in [0, 0.1) is 6.92 Å². The second kappa shape index (κ2) is 4.75. The van der Waals surface area contributed by atoms with Crippen LogP contribution in [-0.4, -0.2) is 20.9 Å². The summed E-state index contributed by atoms with van der Waals surface area (Å²) in [7, 11) is 0. The summed E-state index contributed by atoms with van der Waals surface area (Å²) in [6.07, 6.45) is 0.168. The smallest absolute Gasteiger partial charge is 0.229 e. The lowest BCUT2D eigenvalue weighted by atomic mass is 10.3. The van der Waals surface area contributed by atoms with Gasteiger partial charge in [-0.2, -0.15) is 0 Å². The lowest BCUT2D eigenvalue weighted by molar-refractivity contribution is 0.242. The van der Waals surface area contributed by atoms with E-state index in [1.165, 1.54) is 0 Å². The van der Waals surface area contributed by atoms with Gasteiger partial charge in [0.15, 0.2) is 0 Å². The Balaban J connectivity index is 2.30. The van der Waals surface area contributed by atoms with E-state index >= 15 is 0 Å². The fraction of sp³-hybridized carbons (Fsp3) is 0.333. The second-order valence-corrected chi connectivity index (χ2v) is 4.35. The summed E-state index contributed by atoms with van der Waals surface area (Å²) < 4.78 is 7.35. The van der Waals surface area contributed by atoms with E-state index in [0.717, 1.165) is 17.3 Å². The molecule has 0 fully saturated rings. The van der Waals surface area contributed by atoms with Gasteiger partial charge in [-0.25, -0.2) is 0 Å². The van der Waals surface area contributed by atoms with Gasteiger partial charge in [0.2, 0.25) is 5.28 Å². The van der Waals surface area contributed by atoms with E-state index in [2.05, 4.69) is 10.2 Å². The Labute approximate surface area is 105 Å². The van der Waals surface area contributed by atoms with E-state index in [1.807, 2.05) is 45.0 Å². The molecule has 5 heteroatoms. The molecule has 0 aliphatic rings. The molecule has 90 valence electrons. The average molecular weight is 252 g/mol. The Kier molecular flexibility index (Phi) is 3.33. The van der Waals surface area contributed by atoms with Gasteiger partial charge in [-0.05, 0) is 56.6 Å². The Morgan fingerprint density at radius 3 is 2.29 bits per heavy atom. The van der Waals surface area contributed by atoms with Crippen molar-refractivity contribution in [3.05, 3.63) is 35.4 Å². The fourth-order valence-corrected chi connectivity index (χ4v) is 1.83. The molecule has 0 unspecified atom stereocenters. The van der Waals surface area contributed by atoms with E-state index in [0.29, 0.717) is 5.28 Å². The topological polar surface area (TPSA) is 39.9 Å². The van der Waals surface area contributed by atoms with Crippen molar-refractivity contribution in [2.24, 2.45) is 0 Å². The third kappa shape index (κ3) is 2.58. The Bertz CT molecular complexity index is 485. The van der Waals surface area contributed by atoms with Crippen LogP contribution in [0.1, 0.15) is 19.7 Å². The van der Waals surface area contributed by atoms with Crippen LogP contribution in [0.15, 0.2) is 24.3 Å². The van der Waals surface area contributed by atoms with Crippen molar-refractivity contribution >= 4 is 11.6 Å². The van der Waals surface area contributed by atoms with Gasteiger partial charge in [0.25, 0.3) is 0 Å². The maximum atomic E-state index is 5.96. The maximum absolute atomic E-state index is 5.96. The third-order valence-corrected chi connectivity index (χ3v) is 2.50. The standard InChI is InChI=1S/C12H14ClN3O/c1-8(2)17-11-6-4-10(5-7-11)16-9(3)14-15-12(16)13/h4-8H,1-3H3. The average Bonchev–Trinajstić information content (AvgIpc) is 2.59. The minimum atomic E-state index is 0.168. The predicted molar refractivity (Wildman–Crippen MR) is 66.9 cm³/mol. The molecule has 0 saturated heterocycles. The highest BCUT2D eigenvalue weighted by molar-refractivity contribution is 6.28. The quantitative estimate of drug-likeness (QED) is 0.842. The first-order valence-electron chi connectivity index (χ1n) is 5.42. The molecule has 4 nitrogen and oxygen atoms in total. The van der Waals surface area contributed by atoms with Crippen molar-refractivity contribution in [2.45, 2.75) is 26.9 Å². The zero-order valence-corrected chi connectivity index (χ0v) is 10.8. The Hall–Kier alpha value is -1.55. The molecule has 0 saturated carbocycles. The normalized spacial score (nSPS) is 10.9. The number of halogens is 1. The minimum Gasteiger partial charge on any atom is -0.491 e. The lowest BCUT2D eigenvalue weighted by Crippen LogP contribution is -2.05. The molecule has 17 heavy (non-hydrogen) atoms. The highest BCUT2D eigenvalue weighted by atomic mass is 35.5. The van der Waals surface area contributed by atoms with E-state index < -0.39 is 0 Å². The van der Waals surface area contributed by atoms with Crippen molar-refractivity contribution in [3.63, 3.8) is 0 Å². The first-order chi connectivity index (χ1) is 8.08. The van der Waals surface area contributed by atoms with Gasteiger partial charge in [0.1, 0.15) is 11.6 Å². The van der Waals surface area contributed by atoms with Gasteiger partial charge in [-0.3, -0.25) is 4.57 Å². The zero-order valence-electron chi connectivity index (χ0n) is 10.0. The number of benzene rings is 1. The lowest BCUT2D eigenvalue weighted by Gasteiger charge is -2.11. The molecule has 0 atom stereocenters. The first kappa shape index (κ1) is 11.9. The number of hydrogen-bond donors (Lipinski definition) is 0. The fourth-order valence-electron chi connectivity index (χ4n) is 1.58. The molecule has 0 radical (unpaired) electrons. The Morgan fingerprint density at radius 2 is 1.82 bits per heavy atom. The second-order valence-electron chi connectivity index (χ2n) is 4.01. The summed E-state index contributed by atoms with van der Waals surface area (Å²) in [5.74, 6) is 1.60. The number of nitrogens with zero attached hydrogens (tertiary/aromatic N) is 3. The van der Waals surface area contributed by atoms with E-state index in [1.54, 1.807) is 4.57 Å². The number of aryl methyl sites for hydroxylation is 1. The van der Waals surface area contributed by atoms with Crippen molar-refractivity contribution in [1.29, 1.82) is 0 Å². The highest BCUT2D eigenvalue weighted by Crippen LogP contribution is 2.20. The van der Waals surface area contributed by atoms with Crippen LogP contribution in [0.5, 0.6) is 5.75 Å². The van der Waals surface area contributed by atoms with Gasteiger partial charge >= 0.3 is 0 Å². The molecule has 1 aromatic carbocycles. The van der Waals surface area contributed by atoms with E-state index in [4.69, 9.17) is 16.3 Å². The van der Waals surface area contributed by atoms with E-state index in [-0.39, 0.29) is 6.10 Å². The van der Waals surface area contributed by atoms with Gasteiger partial charge in [0, 0.05) is 0 Å². The van der Waals surface area contributed by atoms with Crippen LogP contribution in [0.3, 0.4) is 0 Å². The number of ether oxygens (including phenoxy) is 1. The highest BCUT2D eigenvalue weighted by Gasteiger charge is 2.08. The van der Waals surface area contributed by atoms with Crippen LogP contribution >= 0.6 is 11.6 Å². The summed E-state index contributed by atoms with van der Waals surface area (Å²) in [4.78, 5) is 0. The van der Waals surface area contributed by atoms with Crippen molar-refractivity contribution < 1.29 is 4.74 Å². The van der Waals surface area contributed by atoms with Gasteiger partial charge in [0.05, 0.1) is 11.8 Å². The minimum absolute atomic E-state index is 0.168. The van der Waals surface area contributed by atoms with Gasteiger partial charge in [-0.1, -0.05) is 0 Å². The SMILES string of the molecule is Cc1nnc(Cl)n1-c1ccc(OC(C)C)cc1. The summed E-state index contributed by atoms with van der Waals surface area (Å²) >= 11 is 5.96. The van der Waals surface area contributed by atoms with Crippen LogP contribution in [0.2, 0.25) is 5.28 Å². The van der Waals surface area contributed by atoms with Gasteiger partial charge in [-0.15, -0.1) is 10.2 Å². The molecule has 1 heterocycles. The zero-order chi connectivity index (χ0) is 12.4. The first-order valence-corrected chi connectivity index (χ1v) is 5.80. The molecule has 0 bridgehead atoms. The van der Waals surface area contributed by atoms with Crippen molar-refractivity contribution in [1.82, 2.24) is 14.8 Å². The molecule has 0 N–H and O–H groups in total. The molecule has 0 amide bonds. The molecule has 2 rings (SSSR count). The van der Waals surface area contributed by atoms with Crippen LogP contribution in [-0.2, 0) is 0 Å². The molecule has 2 aromatic rings. The Morgan fingerprint density at radius 1 is 1.18 bits per heavy atom. The largest absolute Gasteiger partial charge is 0.491 e. The summed E-state index contributed by atoms with van der Waals surface area (Å²) in [5.41, 5.74) is 0.925. The predicted octanol–water partition coefficient (Wildman–Crippen LogP) is 3.02. The van der Waals surface area contributed by atoms with Crippen LogP contribution in [0.4, 0.5) is 0 Å². The molecule has 0 aliphatic carbocycles. The van der Waals surface area contributed by atoms with Gasteiger partial charge < -0.3 is 4.74 Å². The monoisotopic (exact) mass is 251 g/mol. The molecular weight excluding hydrogens is 238 g/mol. The number of rotatable bonds is 3. The molecule has 0 spiro atoms. The number of hydrogen-bond acceptors (Lipinski definition) is 3. The van der Waals surface area contributed by atoms with Crippen LogP contribution in [0.25, 0.3) is 5.69 Å².